The quantitative estimate of drug-likeness (QED) is 0.849. The average molecular weight is 295 g/mol. The highest BCUT2D eigenvalue weighted by molar-refractivity contribution is 6.33. The molecule has 0 atom stereocenters. The number of likely N-dealkylation sites (tertiary alicyclic amines) is 1. The first-order valence-electron chi connectivity index (χ1n) is 6.91. The highest BCUT2D eigenvalue weighted by Crippen LogP contribution is 2.20. The summed E-state index contributed by atoms with van der Waals surface area (Å²) in [5, 5.41) is 3.36. The first-order chi connectivity index (χ1) is 9.69. The molecule has 0 aliphatic carbocycles. The largest absolute Gasteiger partial charge is 0.325 e. The summed E-state index contributed by atoms with van der Waals surface area (Å²) in [4.78, 5) is 24.8. The van der Waals surface area contributed by atoms with E-state index in [-0.39, 0.29) is 11.8 Å². The molecule has 0 bridgehead atoms. The maximum Gasteiger partial charge on any atom is 0.225 e. The molecule has 1 aromatic carbocycles. The molecule has 1 aliphatic heterocycles. The molecule has 1 amide bonds. The summed E-state index contributed by atoms with van der Waals surface area (Å²) in [7, 11) is 0. The number of piperidine rings is 1. The summed E-state index contributed by atoms with van der Waals surface area (Å²) in [5.41, 5.74) is 0.652. The minimum Gasteiger partial charge on any atom is -0.325 e. The maximum atomic E-state index is 11.9. The predicted octanol–water partition coefficient (Wildman–Crippen LogP) is 2.58. The molecule has 5 heteroatoms. The van der Waals surface area contributed by atoms with Crippen molar-refractivity contribution < 1.29 is 9.59 Å². The van der Waals surface area contributed by atoms with Crippen LogP contribution >= 0.6 is 11.6 Å². The van der Waals surface area contributed by atoms with E-state index in [0.29, 0.717) is 17.1 Å². The lowest BCUT2D eigenvalue weighted by Gasteiger charge is -2.29. The fourth-order valence-corrected chi connectivity index (χ4v) is 2.53. The molecule has 2 rings (SSSR count). The molecule has 0 unspecified atom stereocenters. The summed E-state index contributed by atoms with van der Waals surface area (Å²) in [6.45, 7) is 2.51. The van der Waals surface area contributed by atoms with Crippen LogP contribution in [0.2, 0.25) is 5.02 Å². The van der Waals surface area contributed by atoms with Crippen LogP contribution in [-0.4, -0.2) is 36.7 Å². The van der Waals surface area contributed by atoms with E-state index in [4.69, 9.17) is 11.6 Å². The number of nitrogens with one attached hydrogen (secondary N) is 1. The van der Waals surface area contributed by atoms with Crippen molar-refractivity contribution in [2.75, 3.05) is 25.0 Å². The lowest BCUT2D eigenvalue weighted by molar-refractivity contribution is -0.117. The van der Waals surface area contributed by atoms with Crippen molar-refractivity contribution in [1.29, 1.82) is 0 Å². The summed E-state index contributed by atoms with van der Waals surface area (Å²) in [6.07, 6.45) is 3.28. The van der Waals surface area contributed by atoms with E-state index in [1.54, 1.807) is 12.1 Å². The van der Waals surface area contributed by atoms with E-state index < -0.39 is 0 Å². The SMILES string of the molecule is O=CC1CCN(CCC(=O)Nc2ccccc2Cl)CC1. The van der Waals surface area contributed by atoms with Crippen molar-refractivity contribution in [2.45, 2.75) is 19.3 Å². The molecule has 1 aromatic rings. The first kappa shape index (κ1) is 15.0. The second kappa shape index (κ2) is 7.41. The first-order valence-corrected chi connectivity index (χ1v) is 7.29. The number of carbonyl (C=O) groups excluding carboxylic acids is 2. The third-order valence-corrected chi connectivity index (χ3v) is 3.96. The van der Waals surface area contributed by atoms with Crippen LogP contribution in [0.5, 0.6) is 0 Å². The number of carbonyl (C=O) groups is 2. The number of aldehydes is 1. The van der Waals surface area contributed by atoms with Gasteiger partial charge in [0.2, 0.25) is 5.91 Å². The zero-order chi connectivity index (χ0) is 14.4. The van der Waals surface area contributed by atoms with Crippen LogP contribution in [-0.2, 0) is 9.59 Å². The van der Waals surface area contributed by atoms with Crippen LogP contribution < -0.4 is 5.32 Å². The van der Waals surface area contributed by atoms with Crippen molar-refractivity contribution in [3.8, 4) is 0 Å². The van der Waals surface area contributed by atoms with E-state index in [9.17, 15) is 9.59 Å². The van der Waals surface area contributed by atoms with E-state index >= 15 is 0 Å². The topological polar surface area (TPSA) is 49.4 Å². The van der Waals surface area contributed by atoms with E-state index in [2.05, 4.69) is 10.2 Å². The van der Waals surface area contributed by atoms with Crippen LogP contribution in [0.15, 0.2) is 24.3 Å². The number of para-hydroxylation sites is 1. The summed E-state index contributed by atoms with van der Waals surface area (Å²) < 4.78 is 0. The molecule has 1 heterocycles. The standard InChI is InChI=1S/C15H19ClN2O2/c16-13-3-1-2-4-14(13)17-15(20)7-10-18-8-5-12(11-19)6-9-18/h1-4,11-12H,5-10H2,(H,17,20). The van der Waals surface area contributed by atoms with Gasteiger partial charge in [-0.2, -0.15) is 0 Å². The van der Waals surface area contributed by atoms with Gasteiger partial charge in [-0.25, -0.2) is 0 Å². The Morgan fingerprint density at radius 3 is 2.70 bits per heavy atom. The van der Waals surface area contributed by atoms with E-state index in [0.717, 1.165) is 38.8 Å². The van der Waals surface area contributed by atoms with Gasteiger partial charge in [0.25, 0.3) is 0 Å². The fraction of sp³-hybridized carbons (Fsp3) is 0.467. The van der Waals surface area contributed by atoms with Crippen molar-refractivity contribution in [2.24, 2.45) is 5.92 Å². The molecular weight excluding hydrogens is 276 g/mol. The molecule has 20 heavy (non-hydrogen) atoms. The van der Waals surface area contributed by atoms with Gasteiger partial charge in [0, 0.05) is 18.9 Å². The zero-order valence-corrected chi connectivity index (χ0v) is 12.1. The molecule has 1 fully saturated rings. The van der Waals surface area contributed by atoms with Crippen LogP contribution in [0, 0.1) is 5.92 Å². The van der Waals surface area contributed by atoms with Crippen LogP contribution in [0.3, 0.4) is 0 Å². The minimum absolute atomic E-state index is 0.0318. The molecule has 1 saturated heterocycles. The molecule has 0 radical (unpaired) electrons. The van der Waals surface area contributed by atoms with Gasteiger partial charge in [0.05, 0.1) is 10.7 Å². The number of benzene rings is 1. The smallest absolute Gasteiger partial charge is 0.225 e. The Labute approximate surface area is 124 Å². The van der Waals surface area contributed by atoms with Gasteiger partial charge in [-0.3, -0.25) is 4.79 Å². The van der Waals surface area contributed by atoms with Crippen molar-refractivity contribution >= 4 is 29.5 Å². The molecular formula is C15H19ClN2O2. The number of hydrogen-bond acceptors (Lipinski definition) is 3. The van der Waals surface area contributed by atoms with Crippen LogP contribution in [0.25, 0.3) is 0 Å². The lowest BCUT2D eigenvalue weighted by atomic mass is 9.98. The molecule has 108 valence electrons. The fourth-order valence-electron chi connectivity index (χ4n) is 2.35. The normalized spacial score (nSPS) is 16.9. The lowest BCUT2D eigenvalue weighted by Crippen LogP contribution is -2.36. The zero-order valence-electron chi connectivity index (χ0n) is 11.3. The second-order valence-electron chi connectivity index (χ2n) is 5.09. The average Bonchev–Trinajstić information content (AvgIpc) is 2.48. The summed E-state index contributed by atoms with van der Waals surface area (Å²) in [5.74, 6) is 0.166. The second-order valence-corrected chi connectivity index (χ2v) is 5.50. The van der Waals surface area contributed by atoms with Gasteiger partial charge in [0.1, 0.15) is 6.29 Å². The van der Waals surface area contributed by atoms with Crippen molar-refractivity contribution in [1.82, 2.24) is 4.90 Å². The molecule has 1 N–H and O–H groups in total. The highest BCUT2D eigenvalue weighted by Gasteiger charge is 2.18. The molecule has 4 nitrogen and oxygen atoms in total. The van der Waals surface area contributed by atoms with Crippen molar-refractivity contribution in [3.05, 3.63) is 29.3 Å². The van der Waals surface area contributed by atoms with E-state index in [1.165, 1.54) is 0 Å². The van der Waals surface area contributed by atoms with Gasteiger partial charge in [0.15, 0.2) is 0 Å². The van der Waals surface area contributed by atoms with Crippen LogP contribution in [0.1, 0.15) is 19.3 Å². The Kier molecular flexibility index (Phi) is 5.56. The monoisotopic (exact) mass is 294 g/mol. The summed E-state index contributed by atoms with van der Waals surface area (Å²) in [6, 6.07) is 7.21. The Morgan fingerprint density at radius 1 is 1.35 bits per heavy atom. The Hall–Kier alpha value is -1.39. The van der Waals surface area contributed by atoms with Gasteiger partial charge in [-0.05, 0) is 38.1 Å². The minimum atomic E-state index is -0.0318. The Balaban J connectivity index is 1.73. The number of rotatable bonds is 5. The highest BCUT2D eigenvalue weighted by atomic mass is 35.5. The molecule has 0 spiro atoms. The molecule has 1 aliphatic rings. The van der Waals surface area contributed by atoms with Gasteiger partial charge in [-0.1, -0.05) is 23.7 Å². The molecule has 0 aromatic heterocycles. The Morgan fingerprint density at radius 2 is 2.05 bits per heavy atom. The van der Waals surface area contributed by atoms with Gasteiger partial charge in [-0.15, -0.1) is 0 Å². The predicted molar refractivity (Wildman–Crippen MR) is 79.9 cm³/mol. The maximum absolute atomic E-state index is 11.9. The van der Waals surface area contributed by atoms with Gasteiger partial charge >= 0.3 is 0 Å². The van der Waals surface area contributed by atoms with Crippen LogP contribution in [0.4, 0.5) is 5.69 Å². The van der Waals surface area contributed by atoms with E-state index in [1.807, 2.05) is 12.1 Å². The number of amides is 1. The number of halogens is 1. The third-order valence-electron chi connectivity index (χ3n) is 3.63. The number of nitrogens with zero attached hydrogens (tertiary/aromatic N) is 1. The summed E-state index contributed by atoms with van der Waals surface area (Å²) >= 11 is 5.99. The number of anilines is 1. The number of hydrogen-bond donors (Lipinski definition) is 1. The third kappa shape index (κ3) is 4.32. The van der Waals surface area contributed by atoms with Gasteiger partial charge < -0.3 is 15.0 Å². The van der Waals surface area contributed by atoms with Crippen molar-refractivity contribution in [3.63, 3.8) is 0 Å². The molecule has 0 saturated carbocycles. The Bertz CT molecular complexity index is 471.